The van der Waals surface area contributed by atoms with Gasteiger partial charge < -0.3 is 20.5 Å². The molecule has 0 saturated heterocycles. The first-order valence-corrected chi connectivity index (χ1v) is 6.87. The summed E-state index contributed by atoms with van der Waals surface area (Å²) in [5, 5.41) is 15.8. The number of hydrogen-bond acceptors (Lipinski definition) is 4. The fourth-order valence-corrected chi connectivity index (χ4v) is 1.35. The number of hydrogen-bond donors (Lipinski definition) is 3. The summed E-state index contributed by atoms with van der Waals surface area (Å²) < 4.78 is 5.18. The first-order chi connectivity index (χ1) is 8.42. The van der Waals surface area contributed by atoms with Crippen LogP contribution in [0.15, 0.2) is 0 Å². The van der Waals surface area contributed by atoms with Crippen LogP contribution in [0.5, 0.6) is 0 Å². The zero-order valence-electron chi connectivity index (χ0n) is 13.3. The summed E-state index contributed by atoms with van der Waals surface area (Å²) in [6.45, 7) is 13.6. The Hall–Kier alpha value is -0.810. The van der Waals surface area contributed by atoms with E-state index in [1.54, 1.807) is 13.8 Å². The maximum Gasteiger partial charge on any atom is 0.407 e. The SMILES string of the molecule is CC(CCNC(C)C(C)(C)O)NC(=O)OC(C)(C)C. The highest BCUT2D eigenvalue weighted by Gasteiger charge is 2.22. The van der Waals surface area contributed by atoms with Crippen LogP contribution in [0, 0.1) is 0 Å². The average molecular weight is 274 g/mol. The van der Waals surface area contributed by atoms with E-state index in [0.29, 0.717) is 0 Å². The molecule has 0 spiro atoms. The van der Waals surface area contributed by atoms with Crippen molar-refractivity contribution in [2.24, 2.45) is 0 Å². The average Bonchev–Trinajstić information content (AvgIpc) is 2.12. The van der Waals surface area contributed by atoms with Crippen LogP contribution in [0.2, 0.25) is 0 Å². The highest BCUT2D eigenvalue weighted by Crippen LogP contribution is 2.08. The van der Waals surface area contributed by atoms with E-state index in [4.69, 9.17) is 4.74 Å². The van der Waals surface area contributed by atoms with E-state index >= 15 is 0 Å². The van der Waals surface area contributed by atoms with Gasteiger partial charge in [0.15, 0.2) is 0 Å². The van der Waals surface area contributed by atoms with E-state index in [1.807, 2.05) is 34.6 Å². The summed E-state index contributed by atoms with van der Waals surface area (Å²) in [5.41, 5.74) is -1.22. The van der Waals surface area contributed by atoms with Gasteiger partial charge in [0.25, 0.3) is 0 Å². The molecule has 0 bridgehead atoms. The minimum atomic E-state index is -0.748. The molecule has 0 aliphatic heterocycles. The molecule has 5 nitrogen and oxygen atoms in total. The van der Waals surface area contributed by atoms with Gasteiger partial charge in [-0.25, -0.2) is 4.79 Å². The van der Waals surface area contributed by atoms with Crippen LogP contribution in [0.1, 0.15) is 54.9 Å². The molecule has 2 atom stereocenters. The molecule has 19 heavy (non-hydrogen) atoms. The standard InChI is InChI=1S/C14H30N2O3/c1-10(16-12(17)19-13(3,4)5)8-9-15-11(2)14(6,7)18/h10-11,15,18H,8-9H2,1-7H3,(H,16,17). The first-order valence-electron chi connectivity index (χ1n) is 6.87. The molecule has 114 valence electrons. The second-order valence-electron chi connectivity index (χ2n) is 6.67. The molecular formula is C14H30N2O3. The van der Waals surface area contributed by atoms with Crippen LogP contribution in [-0.4, -0.2) is 41.0 Å². The van der Waals surface area contributed by atoms with Gasteiger partial charge in [0.2, 0.25) is 0 Å². The summed E-state index contributed by atoms with van der Waals surface area (Å²) in [6.07, 6.45) is 0.384. The zero-order chi connectivity index (χ0) is 15.3. The minimum absolute atomic E-state index is 0.00114. The van der Waals surface area contributed by atoms with Crippen molar-refractivity contribution >= 4 is 6.09 Å². The van der Waals surface area contributed by atoms with Gasteiger partial charge in [-0.15, -0.1) is 0 Å². The monoisotopic (exact) mass is 274 g/mol. The molecular weight excluding hydrogens is 244 g/mol. The van der Waals surface area contributed by atoms with Crippen molar-refractivity contribution < 1.29 is 14.6 Å². The van der Waals surface area contributed by atoms with Gasteiger partial charge >= 0.3 is 6.09 Å². The van der Waals surface area contributed by atoms with Crippen LogP contribution in [0.25, 0.3) is 0 Å². The Morgan fingerprint density at radius 1 is 1.21 bits per heavy atom. The van der Waals surface area contributed by atoms with E-state index in [2.05, 4.69) is 10.6 Å². The molecule has 0 radical (unpaired) electrons. The fourth-order valence-electron chi connectivity index (χ4n) is 1.35. The van der Waals surface area contributed by atoms with Gasteiger partial charge in [-0.2, -0.15) is 0 Å². The number of rotatable bonds is 6. The molecule has 5 heteroatoms. The molecule has 1 amide bonds. The smallest absolute Gasteiger partial charge is 0.407 e. The van der Waals surface area contributed by atoms with E-state index in [1.165, 1.54) is 0 Å². The minimum Gasteiger partial charge on any atom is -0.444 e. The van der Waals surface area contributed by atoms with Gasteiger partial charge in [-0.1, -0.05) is 0 Å². The lowest BCUT2D eigenvalue weighted by Gasteiger charge is -2.27. The summed E-state index contributed by atoms with van der Waals surface area (Å²) >= 11 is 0. The van der Waals surface area contributed by atoms with Crippen molar-refractivity contribution in [3.8, 4) is 0 Å². The molecule has 3 N–H and O–H groups in total. The van der Waals surface area contributed by atoms with Gasteiger partial charge in [0, 0.05) is 12.1 Å². The van der Waals surface area contributed by atoms with Crippen molar-refractivity contribution in [1.29, 1.82) is 0 Å². The largest absolute Gasteiger partial charge is 0.444 e. The highest BCUT2D eigenvalue weighted by molar-refractivity contribution is 5.67. The molecule has 0 aliphatic carbocycles. The topological polar surface area (TPSA) is 70.6 Å². The van der Waals surface area contributed by atoms with Crippen LogP contribution >= 0.6 is 0 Å². The lowest BCUT2D eigenvalue weighted by Crippen LogP contribution is -2.46. The number of carbonyl (C=O) groups excluding carboxylic acids is 1. The Morgan fingerprint density at radius 2 is 1.74 bits per heavy atom. The number of amides is 1. The Morgan fingerprint density at radius 3 is 2.16 bits per heavy atom. The van der Waals surface area contributed by atoms with Crippen molar-refractivity contribution in [1.82, 2.24) is 10.6 Å². The number of alkyl carbamates (subject to hydrolysis) is 1. The molecule has 0 aromatic carbocycles. The van der Waals surface area contributed by atoms with Crippen molar-refractivity contribution in [2.45, 2.75) is 78.2 Å². The van der Waals surface area contributed by atoms with Crippen LogP contribution in [0.4, 0.5) is 4.79 Å². The molecule has 0 aliphatic rings. The predicted octanol–water partition coefficient (Wildman–Crippen LogP) is 2.04. The molecule has 0 heterocycles. The Bertz CT molecular complexity index is 279. The van der Waals surface area contributed by atoms with Crippen molar-refractivity contribution in [3.63, 3.8) is 0 Å². The Kier molecular flexibility index (Phi) is 6.80. The summed E-state index contributed by atoms with van der Waals surface area (Å²) in [7, 11) is 0. The van der Waals surface area contributed by atoms with E-state index in [0.717, 1.165) is 13.0 Å². The second kappa shape index (κ2) is 7.10. The number of aliphatic hydroxyl groups is 1. The summed E-state index contributed by atoms with van der Waals surface area (Å²) in [5.74, 6) is 0. The first kappa shape index (κ1) is 18.2. The van der Waals surface area contributed by atoms with Crippen molar-refractivity contribution in [2.75, 3.05) is 6.54 Å². The van der Waals surface area contributed by atoms with Gasteiger partial charge in [0.1, 0.15) is 5.60 Å². The van der Waals surface area contributed by atoms with Gasteiger partial charge in [-0.05, 0) is 61.4 Å². The maximum absolute atomic E-state index is 11.5. The van der Waals surface area contributed by atoms with Crippen molar-refractivity contribution in [3.05, 3.63) is 0 Å². The Balaban J connectivity index is 3.88. The maximum atomic E-state index is 11.5. The van der Waals surface area contributed by atoms with E-state index in [-0.39, 0.29) is 12.1 Å². The fraction of sp³-hybridized carbons (Fsp3) is 0.929. The third-order valence-electron chi connectivity index (χ3n) is 2.85. The number of nitrogens with one attached hydrogen (secondary N) is 2. The van der Waals surface area contributed by atoms with E-state index in [9.17, 15) is 9.90 Å². The highest BCUT2D eigenvalue weighted by atomic mass is 16.6. The van der Waals surface area contributed by atoms with Crippen LogP contribution in [-0.2, 0) is 4.74 Å². The molecule has 0 aromatic rings. The lowest BCUT2D eigenvalue weighted by molar-refractivity contribution is 0.0428. The van der Waals surface area contributed by atoms with Crippen LogP contribution < -0.4 is 10.6 Å². The Labute approximate surface area is 117 Å². The normalized spacial score (nSPS) is 15.8. The molecule has 2 unspecified atom stereocenters. The lowest BCUT2D eigenvalue weighted by atomic mass is 10.0. The second-order valence-corrected chi connectivity index (χ2v) is 6.67. The molecule has 0 rings (SSSR count). The summed E-state index contributed by atoms with van der Waals surface area (Å²) in [4.78, 5) is 11.5. The zero-order valence-corrected chi connectivity index (χ0v) is 13.3. The molecule has 0 fully saturated rings. The van der Waals surface area contributed by atoms with E-state index < -0.39 is 17.3 Å². The third kappa shape index (κ3) is 9.73. The molecule has 0 saturated carbocycles. The third-order valence-corrected chi connectivity index (χ3v) is 2.85. The predicted molar refractivity (Wildman–Crippen MR) is 77.2 cm³/mol. The van der Waals surface area contributed by atoms with Gasteiger partial charge in [0.05, 0.1) is 5.60 Å². The van der Waals surface area contributed by atoms with Gasteiger partial charge in [-0.3, -0.25) is 0 Å². The molecule has 0 aromatic heterocycles. The number of ether oxygens (including phenoxy) is 1. The number of carbonyl (C=O) groups is 1. The van der Waals surface area contributed by atoms with Crippen LogP contribution in [0.3, 0.4) is 0 Å². The summed E-state index contributed by atoms with van der Waals surface area (Å²) in [6, 6.07) is 0.0255. The quantitative estimate of drug-likeness (QED) is 0.693.